The minimum Gasteiger partial charge on any atom is -0.404 e. The average molecular weight is 173 g/mol. The van der Waals surface area contributed by atoms with Gasteiger partial charge in [-0.3, -0.25) is 0 Å². The summed E-state index contributed by atoms with van der Waals surface area (Å²) in [5.41, 5.74) is 6.78. The third-order valence-electron chi connectivity index (χ3n) is 1.77. The van der Waals surface area contributed by atoms with Gasteiger partial charge in [-0.2, -0.15) is 0 Å². The summed E-state index contributed by atoms with van der Waals surface area (Å²) in [5.74, 6) is 0. The summed E-state index contributed by atoms with van der Waals surface area (Å²) in [6, 6.07) is 8.05. The van der Waals surface area contributed by atoms with E-state index in [9.17, 15) is 0 Å². The molecule has 1 rings (SSSR count). The third kappa shape index (κ3) is 2.79. The van der Waals surface area contributed by atoms with Crippen molar-refractivity contribution in [2.45, 2.75) is 13.8 Å². The van der Waals surface area contributed by atoms with E-state index in [-0.39, 0.29) is 0 Å². The van der Waals surface area contributed by atoms with Gasteiger partial charge in [0.1, 0.15) is 0 Å². The number of rotatable bonds is 1. The Morgan fingerprint density at radius 3 is 2.31 bits per heavy atom. The molecule has 1 aromatic rings. The molecule has 0 aromatic heterocycles. The van der Waals surface area contributed by atoms with Crippen LogP contribution in [0.5, 0.6) is 0 Å². The highest BCUT2D eigenvalue weighted by atomic mass is 14.5. The van der Waals surface area contributed by atoms with Crippen LogP contribution in [0.3, 0.4) is 0 Å². The quantitative estimate of drug-likeness (QED) is 0.677. The lowest BCUT2D eigenvalue weighted by Gasteiger charge is -1.88. The molecular weight excluding hydrogens is 158 g/mol. The third-order valence-corrected chi connectivity index (χ3v) is 1.77. The van der Waals surface area contributed by atoms with E-state index >= 15 is 0 Å². The monoisotopic (exact) mass is 173 g/mol. The Hall–Kier alpha value is -1.50. The van der Waals surface area contributed by atoms with Crippen LogP contribution in [0.4, 0.5) is 0 Å². The van der Waals surface area contributed by atoms with E-state index in [0.29, 0.717) is 0 Å². The van der Waals surface area contributed by atoms with Gasteiger partial charge in [-0.1, -0.05) is 42.0 Å². The second kappa shape index (κ2) is 4.51. The largest absolute Gasteiger partial charge is 0.404 e. The number of benzene rings is 1. The molecule has 0 saturated heterocycles. The fraction of sp³-hybridized carbons (Fsp3) is 0.167. The number of allylic oxidation sites excluding steroid dienone is 2. The first kappa shape index (κ1) is 9.59. The highest BCUT2D eigenvalue weighted by Gasteiger charge is 1.80. The van der Waals surface area contributed by atoms with Crippen LogP contribution in [0.15, 0.2) is 35.9 Å². The van der Waals surface area contributed by atoms with Gasteiger partial charge >= 0.3 is 0 Å². The van der Waals surface area contributed by atoms with Crippen molar-refractivity contribution in [3.05, 3.63) is 46.4 Å². The van der Waals surface area contributed by atoms with E-state index in [1.165, 1.54) is 5.57 Å². The van der Waals surface area contributed by atoms with E-state index < -0.39 is 0 Å². The number of nitrogens with two attached hydrogens (primary N) is 1. The minimum atomic E-state index is 1.07. The Morgan fingerprint density at radius 1 is 1.15 bits per heavy atom. The van der Waals surface area contributed by atoms with E-state index in [4.69, 9.17) is 5.73 Å². The molecule has 1 nitrogen and oxygen atoms in total. The summed E-state index contributed by atoms with van der Waals surface area (Å²) >= 11 is 0. The van der Waals surface area contributed by atoms with Crippen LogP contribution in [0, 0.1) is 0 Å². The maximum atomic E-state index is 5.49. The van der Waals surface area contributed by atoms with Crippen LogP contribution in [-0.4, -0.2) is 0 Å². The van der Waals surface area contributed by atoms with Crippen molar-refractivity contribution in [3.8, 4) is 0 Å². The summed E-state index contributed by atoms with van der Waals surface area (Å²) in [7, 11) is 0. The summed E-state index contributed by atoms with van der Waals surface area (Å²) in [6.45, 7) is 4.15. The zero-order valence-electron chi connectivity index (χ0n) is 8.12. The lowest BCUT2D eigenvalue weighted by molar-refractivity contribution is 1.40. The van der Waals surface area contributed by atoms with E-state index in [1.807, 2.05) is 18.2 Å². The standard InChI is InChI=1S/C12H15N/c1-10(2)7-8-11-5-3-4-6-12(11)9-13/h3-9H,13H2,1-2H3/b11-8-,12-9-. The topological polar surface area (TPSA) is 26.0 Å². The summed E-state index contributed by atoms with van der Waals surface area (Å²) in [4.78, 5) is 0. The first-order valence-corrected chi connectivity index (χ1v) is 4.36. The van der Waals surface area contributed by atoms with Crippen LogP contribution < -0.4 is 16.2 Å². The Balaban J connectivity index is 3.30. The molecule has 1 aromatic carbocycles. The molecule has 2 N–H and O–H groups in total. The van der Waals surface area contributed by atoms with Crippen molar-refractivity contribution >= 4 is 12.3 Å². The zero-order valence-corrected chi connectivity index (χ0v) is 8.12. The first-order chi connectivity index (χ1) is 6.24. The van der Waals surface area contributed by atoms with Crippen LogP contribution in [0.25, 0.3) is 12.3 Å². The molecule has 0 amide bonds. The Morgan fingerprint density at radius 2 is 1.77 bits per heavy atom. The molecule has 1 heteroatoms. The lowest BCUT2D eigenvalue weighted by Crippen LogP contribution is -2.24. The van der Waals surface area contributed by atoms with Gasteiger partial charge in [0.2, 0.25) is 0 Å². The molecule has 0 bridgehead atoms. The summed E-state index contributed by atoms with van der Waals surface area (Å²) in [5, 5.41) is 2.23. The van der Waals surface area contributed by atoms with Gasteiger partial charge in [0.15, 0.2) is 0 Å². The molecule has 0 aliphatic heterocycles. The summed E-state index contributed by atoms with van der Waals surface area (Å²) < 4.78 is 0. The Bertz CT molecular complexity index is 409. The molecule has 13 heavy (non-hydrogen) atoms. The van der Waals surface area contributed by atoms with Gasteiger partial charge in [-0.15, -0.1) is 0 Å². The number of hydrogen-bond donors (Lipinski definition) is 1. The van der Waals surface area contributed by atoms with E-state index in [2.05, 4.69) is 32.1 Å². The fourth-order valence-corrected chi connectivity index (χ4v) is 1.07. The molecular formula is C12H15N. The number of hydrogen-bond acceptors (Lipinski definition) is 1. The predicted octanol–water partition coefficient (Wildman–Crippen LogP) is 1.13. The smallest absolute Gasteiger partial charge is 0.00175 e. The van der Waals surface area contributed by atoms with Crippen LogP contribution in [-0.2, 0) is 0 Å². The fourth-order valence-electron chi connectivity index (χ4n) is 1.07. The van der Waals surface area contributed by atoms with Crippen LogP contribution in [0.1, 0.15) is 13.8 Å². The molecule has 0 radical (unpaired) electrons. The zero-order chi connectivity index (χ0) is 9.68. The van der Waals surface area contributed by atoms with Crippen molar-refractivity contribution in [1.29, 1.82) is 0 Å². The minimum absolute atomic E-state index is 1.07. The van der Waals surface area contributed by atoms with Crippen molar-refractivity contribution in [2.75, 3.05) is 0 Å². The summed E-state index contributed by atoms with van der Waals surface area (Å²) in [6.07, 6.45) is 5.79. The normalized spacial score (nSPS) is 13.1. The van der Waals surface area contributed by atoms with Crippen molar-refractivity contribution < 1.29 is 0 Å². The molecule has 0 aliphatic carbocycles. The van der Waals surface area contributed by atoms with Gasteiger partial charge in [-0.25, -0.2) is 0 Å². The van der Waals surface area contributed by atoms with Gasteiger partial charge in [-0.05, 0) is 24.3 Å². The molecule has 0 spiro atoms. The van der Waals surface area contributed by atoms with Crippen molar-refractivity contribution in [1.82, 2.24) is 0 Å². The Labute approximate surface area is 78.9 Å². The molecule has 0 aliphatic rings. The molecule has 68 valence electrons. The Kier molecular flexibility index (Phi) is 3.32. The SMILES string of the molecule is CC(C)=C/C=c1/cccc/c1=C/N. The predicted molar refractivity (Wildman–Crippen MR) is 58.2 cm³/mol. The molecule has 0 heterocycles. The van der Waals surface area contributed by atoms with Crippen LogP contribution >= 0.6 is 0 Å². The van der Waals surface area contributed by atoms with Gasteiger partial charge < -0.3 is 5.73 Å². The van der Waals surface area contributed by atoms with E-state index in [0.717, 1.165) is 10.4 Å². The molecule has 0 unspecified atom stereocenters. The first-order valence-electron chi connectivity index (χ1n) is 4.36. The average Bonchev–Trinajstić information content (AvgIpc) is 2.15. The maximum absolute atomic E-state index is 5.49. The lowest BCUT2D eigenvalue weighted by atomic mass is 10.2. The van der Waals surface area contributed by atoms with Gasteiger partial charge in [0, 0.05) is 6.20 Å². The highest BCUT2D eigenvalue weighted by Crippen LogP contribution is 1.87. The second-order valence-corrected chi connectivity index (χ2v) is 3.21. The maximum Gasteiger partial charge on any atom is 0.00175 e. The van der Waals surface area contributed by atoms with Crippen molar-refractivity contribution in [3.63, 3.8) is 0 Å². The highest BCUT2D eigenvalue weighted by molar-refractivity contribution is 5.40. The molecule has 0 atom stereocenters. The van der Waals surface area contributed by atoms with Crippen LogP contribution in [0.2, 0.25) is 0 Å². The van der Waals surface area contributed by atoms with E-state index in [1.54, 1.807) is 6.20 Å². The van der Waals surface area contributed by atoms with Gasteiger partial charge in [0.25, 0.3) is 0 Å². The van der Waals surface area contributed by atoms with Gasteiger partial charge in [0.05, 0.1) is 0 Å². The molecule has 0 saturated carbocycles. The second-order valence-electron chi connectivity index (χ2n) is 3.21. The van der Waals surface area contributed by atoms with Crippen molar-refractivity contribution in [2.24, 2.45) is 5.73 Å². The molecule has 0 fully saturated rings.